The van der Waals surface area contributed by atoms with Crippen LogP contribution in [0.2, 0.25) is 0 Å². The first-order chi connectivity index (χ1) is 9.02. The molecule has 1 aromatic carbocycles. The van der Waals surface area contributed by atoms with Crippen LogP contribution in [-0.4, -0.2) is 11.1 Å². The van der Waals surface area contributed by atoms with E-state index in [9.17, 15) is 4.79 Å². The largest absolute Gasteiger partial charge is 0.478 e. The fourth-order valence-electron chi connectivity index (χ4n) is 1.20. The molecular formula is C16H17NO2. The number of hydrogen-bond donors (Lipinski definition) is 1. The zero-order valence-corrected chi connectivity index (χ0v) is 11.0. The summed E-state index contributed by atoms with van der Waals surface area (Å²) in [4.78, 5) is 9.60. The van der Waals surface area contributed by atoms with Crippen LogP contribution in [0.4, 0.5) is 0 Å². The van der Waals surface area contributed by atoms with Crippen molar-refractivity contribution in [2.24, 2.45) is 0 Å². The number of benzene rings is 1. The fraction of sp³-hybridized carbons (Fsp3) is 0.125. The molecule has 0 saturated heterocycles. The number of nitriles is 1. The minimum absolute atomic E-state index is 0.176. The van der Waals surface area contributed by atoms with Gasteiger partial charge in [0.05, 0.1) is 6.07 Å². The first-order valence-electron chi connectivity index (χ1n) is 5.66. The topological polar surface area (TPSA) is 61.1 Å². The lowest BCUT2D eigenvalue weighted by molar-refractivity contribution is -0.132. The van der Waals surface area contributed by atoms with Gasteiger partial charge in [-0.15, -0.1) is 0 Å². The van der Waals surface area contributed by atoms with Crippen molar-refractivity contribution in [3.05, 3.63) is 66.3 Å². The van der Waals surface area contributed by atoms with E-state index >= 15 is 0 Å². The van der Waals surface area contributed by atoms with Gasteiger partial charge in [-0.25, -0.2) is 4.79 Å². The second kappa shape index (κ2) is 9.43. The molecule has 0 unspecified atom stereocenters. The second-order valence-electron chi connectivity index (χ2n) is 3.72. The highest BCUT2D eigenvalue weighted by atomic mass is 16.4. The van der Waals surface area contributed by atoms with E-state index in [1.54, 1.807) is 6.07 Å². The van der Waals surface area contributed by atoms with Gasteiger partial charge < -0.3 is 5.11 Å². The monoisotopic (exact) mass is 255 g/mol. The van der Waals surface area contributed by atoms with Crippen LogP contribution in [0.1, 0.15) is 18.1 Å². The number of hydrogen-bond acceptors (Lipinski definition) is 2. The van der Waals surface area contributed by atoms with Gasteiger partial charge in [0, 0.05) is 11.6 Å². The molecule has 3 heteroatoms. The predicted molar refractivity (Wildman–Crippen MR) is 77.4 cm³/mol. The molecule has 0 aliphatic heterocycles. The Balaban J connectivity index is 0.000000285. The van der Waals surface area contributed by atoms with E-state index in [2.05, 4.69) is 49.6 Å². The molecule has 98 valence electrons. The number of carboxylic acids is 1. The third-order valence-electron chi connectivity index (χ3n) is 2.15. The molecule has 1 aliphatic rings. The molecule has 0 fully saturated rings. The average Bonchev–Trinajstić information content (AvgIpc) is 2.88. The second-order valence-corrected chi connectivity index (χ2v) is 3.72. The van der Waals surface area contributed by atoms with Gasteiger partial charge in [-0.1, -0.05) is 49.6 Å². The Morgan fingerprint density at radius 2 is 2.00 bits per heavy atom. The predicted octanol–water partition coefficient (Wildman–Crippen LogP) is 3.60. The van der Waals surface area contributed by atoms with Crippen molar-refractivity contribution >= 4 is 12.0 Å². The van der Waals surface area contributed by atoms with Crippen LogP contribution in [0.25, 0.3) is 6.08 Å². The van der Waals surface area contributed by atoms with Crippen molar-refractivity contribution in [2.45, 2.75) is 13.3 Å². The lowest BCUT2D eigenvalue weighted by atomic mass is 10.1. The van der Waals surface area contributed by atoms with Crippen molar-refractivity contribution in [3.8, 4) is 6.07 Å². The van der Waals surface area contributed by atoms with Crippen molar-refractivity contribution in [1.82, 2.24) is 0 Å². The number of carbonyl (C=O) groups is 1. The van der Waals surface area contributed by atoms with Gasteiger partial charge in [0.15, 0.2) is 0 Å². The third kappa shape index (κ3) is 7.35. The number of carboxylic acid groups (broad SMARTS) is 1. The van der Waals surface area contributed by atoms with E-state index < -0.39 is 5.97 Å². The van der Waals surface area contributed by atoms with Gasteiger partial charge in [-0.05, 0) is 24.5 Å². The molecular weight excluding hydrogens is 238 g/mol. The Labute approximate surface area is 113 Å². The SMILES string of the molecule is C1=Cc2ccccc2C1.C=C(C)C(=O)O.C=CC#N. The van der Waals surface area contributed by atoms with Crippen molar-refractivity contribution in [1.29, 1.82) is 5.26 Å². The maximum atomic E-state index is 9.60. The molecule has 1 aromatic rings. The van der Waals surface area contributed by atoms with Crippen LogP contribution in [0.5, 0.6) is 0 Å². The summed E-state index contributed by atoms with van der Waals surface area (Å²) in [5, 5.41) is 15.4. The van der Waals surface area contributed by atoms with Crippen LogP contribution < -0.4 is 0 Å². The quantitative estimate of drug-likeness (QED) is 0.616. The maximum Gasteiger partial charge on any atom is 0.330 e. The smallest absolute Gasteiger partial charge is 0.330 e. The summed E-state index contributed by atoms with van der Waals surface area (Å²) in [5.41, 5.74) is 3.02. The normalized spacial score (nSPS) is 9.68. The molecule has 0 amide bonds. The van der Waals surface area contributed by atoms with Crippen molar-refractivity contribution in [2.75, 3.05) is 0 Å². The molecule has 0 aromatic heterocycles. The Bertz CT molecular complexity index is 510. The van der Waals surface area contributed by atoms with Crippen LogP contribution in [0, 0.1) is 11.3 Å². The molecule has 2 rings (SSSR count). The van der Waals surface area contributed by atoms with Gasteiger partial charge in [0.25, 0.3) is 0 Å². The number of rotatable bonds is 1. The zero-order chi connectivity index (χ0) is 14.7. The van der Waals surface area contributed by atoms with Crippen LogP contribution in [0.15, 0.2) is 55.1 Å². The molecule has 0 radical (unpaired) electrons. The number of nitrogens with zero attached hydrogens (tertiary/aromatic N) is 1. The minimum Gasteiger partial charge on any atom is -0.478 e. The van der Waals surface area contributed by atoms with Gasteiger partial charge in [0.1, 0.15) is 0 Å². The summed E-state index contributed by atoms with van der Waals surface area (Å²) < 4.78 is 0. The number of fused-ring (bicyclic) bond motifs is 1. The van der Waals surface area contributed by atoms with E-state index in [0.717, 1.165) is 6.42 Å². The summed E-state index contributed by atoms with van der Waals surface area (Å²) >= 11 is 0. The Morgan fingerprint density at radius 1 is 1.47 bits per heavy atom. The summed E-state index contributed by atoms with van der Waals surface area (Å²) in [6, 6.07) is 10.2. The lowest BCUT2D eigenvalue weighted by Gasteiger charge is -1.93. The van der Waals surface area contributed by atoms with Crippen molar-refractivity contribution < 1.29 is 9.90 Å². The number of aliphatic carboxylic acids is 1. The van der Waals surface area contributed by atoms with Gasteiger partial charge in [-0.2, -0.15) is 5.26 Å². The van der Waals surface area contributed by atoms with E-state index in [0.29, 0.717) is 0 Å². The summed E-state index contributed by atoms with van der Waals surface area (Å²) in [7, 11) is 0. The van der Waals surface area contributed by atoms with E-state index in [1.807, 2.05) is 0 Å². The third-order valence-corrected chi connectivity index (χ3v) is 2.15. The Hall–Kier alpha value is -2.60. The fourth-order valence-corrected chi connectivity index (χ4v) is 1.20. The van der Waals surface area contributed by atoms with E-state index in [4.69, 9.17) is 10.4 Å². The standard InChI is InChI=1S/C9H8.C4H6O2.C3H3N/c1-2-5-9-7-3-6-8(9)4-1;1-3(2)4(5)6;1-2-3-4/h1-6H,7H2;1H2,2H3,(H,5,6);2H,1H2. The molecule has 0 saturated carbocycles. The molecule has 0 bridgehead atoms. The molecule has 0 heterocycles. The molecule has 1 aliphatic carbocycles. The van der Waals surface area contributed by atoms with Gasteiger partial charge in [-0.3, -0.25) is 0 Å². The lowest BCUT2D eigenvalue weighted by Crippen LogP contribution is -1.92. The maximum absolute atomic E-state index is 9.60. The van der Waals surface area contributed by atoms with E-state index in [1.165, 1.54) is 24.1 Å². The summed E-state index contributed by atoms with van der Waals surface area (Å²) in [6.07, 6.45) is 6.68. The summed E-state index contributed by atoms with van der Waals surface area (Å²) in [5.74, 6) is -0.935. The molecule has 1 N–H and O–H groups in total. The molecule has 0 atom stereocenters. The molecule has 3 nitrogen and oxygen atoms in total. The van der Waals surface area contributed by atoms with Gasteiger partial charge >= 0.3 is 5.97 Å². The zero-order valence-electron chi connectivity index (χ0n) is 11.0. The first kappa shape index (κ1) is 16.4. The highest BCUT2D eigenvalue weighted by Gasteiger charge is 2.00. The van der Waals surface area contributed by atoms with Crippen LogP contribution >= 0.6 is 0 Å². The molecule has 19 heavy (non-hydrogen) atoms. The summed E-state index contributed by atoms with van der Waals surface area (Å²) in [6.45, 7) is 7.72. The van der Waals surface area contributed by atoms with Crippen molar-refractivity contribution in [3.63, 3.8) is 0 Å². The first-order valence-corrected chi connectivity index (χ1v) is 5.66. The molecule has 0 spiro atoms. The van der Waals surface area contributed by atoms with E-state index in [-0.39, 0.29) is 5.57 Å². The van der Waals surface area contributed by atoms with Crippen LogP contribution in [-0.2, 0) is 11.2 Å². The highest BCUT2D eigenvalue weighted by Crippen LogP contribution is 2.17. The Morgan fingerprint density at radius 3 is 2.42 bits per heavy atom. The highest BCUT2D eigenvalue weighted by molar-refractivity contribution is 5.84. The minimum atomic E-state index is -0.935. The van der Waals surface area contributed by atoms with Crippen LogP contribution in [0.3, 0.4) is 0 Å². The van der Waals surface area contributed by atoms with Gasteiger partial charge in [0.2, 0.25) is 0 Å². The Kier molecular flexibility index (Phi) is 8.14. The average molecular weight is 255 g/mol. The number of allylic oxidation sites excluding steroid dienone is 2.